The third kappa shape index (κ3) is 3.72. The van der Waals surface area contributed by atoms with Crippen molar-refractivity contribution in [2.45, 2.75) is 25.3 Å². The predicted molar refractivity (Wildman–Crippen MR) is 92.4 cm³/mol. The molecular weight excluding hydrogens is 356 g/mol. The first-order chi connectivity index (χ1) is 12.9. The number of ether oxygens (including phenoxy) is 1. The third-order valence-electron chi connectivity index (χ3n) is 4.58. The molecule has 2 aromatic carbocycles. The van der Waals surface area contributed by atoms with Crippen LogP contribution in [-0.2, 0) is 22.4 Å². The molecule has 1 aliphatic rings. The average Bonchev–Trinajstić information content (AvgIpc) is 3.02. The zero-order chi connectivity index (χ0) is 19.6. The molecule has 0 aliphatic heterocycles. The number of Topliss-reactive ketones (excluding diaryl/α,β-unsaturated/α-hetero) is 1. The molecule has 0 bridgehead atoms. The van der Waals surface area contributed by atoms with Crippen LogP contribution in [-0.4, -0.2) is 30.8 Å². The summed E-state index contributed by atoms with van der Waals surface area (Å²) in [5, 5.41) is 2.34. The normalized spacial score (nSPS) is 13.8. The van der Waals surface area contributed by atoms with Crippen molar-refractivity contribution in [2.75, 3.05) is 7.11 Å². The van der Waals surface area contributed by atoms with Crippen molar-refractivity contribution >= 4 is 17.7 Å². The highest BCUT2D eigenvalue weighted by Crippen LogP contribution is 2.26. The van der Waals surface area contributed by atoms with Crippen LogP contribution in [0.4, 0.5) is 8.78 Å². The second-order valence-electron chi connectivity index (χ2n) is 6.22. The van der Waals surface area contributed by atoms with Crippen LogP contribution in [0.25, 0.3) is 0 Å². The van der Waals surface area contributed by atoms with Gasteiger partial charge in [-0.15, -0.1) is 0 Å². The van der Waals surface area contributed by atoms with Gasteiger partial charge in [-0.1, -0.05) is 24.3 Å². The molecule has 3 rings (SSSR count). The number of benzene rings is 2. The van der Waals surface area contributed by atoms with Crippen molar-refractivity contribution in [1.29, 1.82) is 0 Å². The lowest BCUT2D eigenvalue weighted by Gasteiger charge is -2.18. The van der Waals surface area contributed by atoms with Crippen LogP contribution in [0, 0.1) is 11.6 Å². The summed E-state index contributed by atoms with van der Waals surface area (Å²) in [5.74, 6) is -3.82. The first-order valence-electron chi connectivity index (χ1n) is 8.39. The van der Waals surface area contributed by atoms with Crippen LogP contribution in [0.3, 0.4) is 0 Å². The van der Waals surface area contributed by atoms with E-state index in [0.717, 1.165) is 30.9 Å². The quantitative estimate of drug-likeness (QED) is 0.818. The summed E-state index contributed by atoms with van der Waals surface area (Å²) < 4.78 is 32.4. The highest BCUT2D eigenvalue weighted by Gasteiger charge is 2.28. The van der Waals surface area contributed by atoms with E-state index in [-0.39, 0.29) is 12.2 Å². The van der Waals surface area contributed by atoms with Gasteiger partial charge in [0.2, 0.25) is 0 Å². The van der Waals surface area contributed by atoms with E-state index in [9.17, 15) is 23.2 Å². The molecule has 0 saturated heterocycles. The van der Waals surface area contributed by atoms with E-state index >= 15 is 0 Å². The van der Waals surface area contributed by atoms with Gasteiger partial charge in [-0.05, 0) is 29.7 Å². The van der Waals surface area contributed by atoms with E-state index in [1.807, 2.05) is 0 Å². The smallest absolute Gasteiger partial charge is 0.328 e. The topological polar surface area (TPSA) is 72.5 Å². The molecule has 140 valence electrons. The molecule has 0 heterocycles. The summed E-state index contributed by atoms with van der Waals surface area (Å²) >= 11 is 0. The molecule has 0 aromatic heterocycles. The van der Waals surface area contributed by atoms with Gasteiger partial charge in [0.1, 0.15) is 23.2 Å². The number of esters is 1. The Morgan fingerprint density at radius 3 is 2.44 bits per heavy atom. The fourth-order valence-corrected chi connectivity index (χ4v) is 3.26. The van der Waals surface area contributed by atoms with Crippen molar-refractivity contribution in [3.63, 3.8) is 0 Å². The van der Waals surface area contributed by atoms with Gasteiger partial charge >= 0.3 is 5.97 Å². The first-order valence-corrected chi connectivity index (χ1v) is 8.39. The number of fused-ring (bicyclic) bond motifs is 1. The molecule has 27 heavy (non-hydrogen) atoms. The Hall–Kier alpha value is -3.09. The zero-order valence-corrected chi connectivity index (χ0v) is 14.6. The molecule has 1 N–H and O–H groups in total. The Kier molecular flexibility index (Phi) is 5.30. The summed E-state index contributed by atoms with van der Waals surface area (Å²) in [4.78, 5) is 36.4. The second-order valence-corrected chi connectivity index (χ2v) is 6.22. The minimum absolute atomic E-state index is 0.0268. The van der Waals surface area contributed by atoms with Crippen LogP contribution in [0.15, 0.2) is 36.4 Å². The molecule has 5 nitrogen and oxygen atoms in total. The number of nitrogens with one attached hydrogen (secondary N) is 1. The largest absolute Gasteiger partial charge is 0.467 e. The van der Waals surface area contributed by atoms with E-state index in [0.29, 0.717) is 24.0 Å². The summed E-state index contributed by atoms with van der Waals surface area (Å²) in [6.07, 6.45) is 0.987. The van der Waals surface area contributed by atoms with Crippen LogP contribution < -0.4 is 5.32 Å². The monoisotopic (exact) mass is 373 g/mol. The third-order valence-corrected chi connectivity index (χ3v) is 4.58. The molecular formula is C20H17F2NO4. The molecule has 0 unspecified atom stereocenters. The van der Waals surface area contributed by atoms with E-state index < -0.39 is 35.1 Å². The van der Waals surface area contributed by atoms with E-state index in [2.05, 4.69) is 5.32 Å². The number of ketones is 1. The van der Waals surface area contributed by atoms with Gasteiger partial charge < -0.3 is 10.1 Å². The number of carbonyl (C=O) groups excluding carboxylic acids is 3. The van der Waals surface area contributed by atoms with E-state index in [4.69, 9.17) is 4.74 Å². The molecule has 0 fully saturated rings. The number of halogens is 2. The van der Waals surface area contributed by atoms with Crippen LogP contribution >= 0.6 is 0 Å². The number of hydrogen-bond acceptors (Lipinski definition) is 4. The van der Waals surface area contributed by atoms with E-state index in [1.165, 1.54) is 0 Å². The van der Waals surface area contributed by atoms with Crippen molar-refractivity contribution in [2.24, 2.45) is 0 Å². The van der Waals surface area contributed by atoms with Gasteiger partial charge in [0.05, 0.1) is 7.11 Å². The lowest BCUT2D eigenvalue weighted by atomic mass is 9.97. The van der Waals surface area contributed by atoms with Gasteiger partial charge in [-0.25, -0.2) is 13.6 Å². The SMILES string of the molecule is COC(=O)[C@H](Cc1cccc2c1CCC2=O)NC(=O)c1c(F)cccc1F. The number of methoxy groups -OCH3 is 1. The van der Waals surface area contributed by atoms with Crippen LogP contribution in [0.5, 0.6) is 0 Å². The Morgan fingerprint density at radius 1 is 1.11 bits per heavy atom. The second kappa shape index (κ2) is 7.65. The highest BCUT2D eigenvalue weighted by molar-refractivity contribution is 6.01. The van der Waals surface area contributed by atoms with Crippen molar-refractivity contribution in [3.8, 4) is 0 Å². The first kappa shape index (κ1) is 18.7. The van der Waals surface area contributed by atoms with Crippen LogP contribution in [0.1, 0.15) is 38.3 Å². The minimum atomic E-state index is -1.15. The summed E-state index contributed by atoms with van der Waals surface area (Å²) in [6, 6.07) is 7.08. The molecule has 0 radical (unpaired) electrons. The number of hydrogen-bond donors (Lipinski definition) is 1. The zero-order valence-electron chi connectivity index (χ0n) is 14.6. The Bertz CT molecular complexity index is 906. The summed E-state index contributed by atoms with van der Waals surface area (Å²) in [5.41, 5.74) is 1.37. The number of amides is 1. The molecule has 0 spiro atoms. The maximum atomic E-state index is 13.8. The Labute approximate surface area is 154 Å². The lowest BCUT2D eigenvalue weighted by molar-refractivity contribution is -0.142. The number of carbonyl (C=O) groups is 3. The fraction of sp³-hybridized carbons (Fsp3) is 0.250. The van der Waals surface area contributed by atoms with Gasteiger partial charge in [0.25, 0.3) is 5.91 Å². The predicted octanol–water partition coefficient (Wildman–Crippen LogP) is 2.61. The van der Waals surface area contributed by atoms with Gasteiger partial charge in [0.15, 0.2) is 5.78 Å². The fourth-order valence-electron chi connectivity index (χ4n) is 3.26. The number of rotatable bonds is 5. The van der Waals surface area contributed by atoms with Crippen LogP contribution in [0.2, 0.25) is 0 Å². The molecule has 2 aromatic rings. The lowest BCUT2D eigenvalue weighted by Crippen LogP contribution is -2.43. The van der Waals surface area contributed by atoms with Gasteiger partial charge in [-0.3, -0.25) is 9.59 Å². The molecule has 1 aliphatic carbocycles. The Balaban J connectivity index is 1.87. The van der Waals surface area contributed by atoms with Crippen molar-refractivity contribution in [1.82, 2.24) is 5.32 Å². The molecule has 7 heteroatoms. The highest BCUT2D eigenvalue weighted by atomic mass is 19.1. The molecule has 1 atom stereocenters. The Morgan fingerprint density at radius 2 is 1.78 bits per heavy atom. The van der Waals surface area contributed by atoms with Gasteiger partial charge in [-0.2, -0.15) is 0 Å². The standard InChI is InChI=1S/C20H17F2NO4/c1-27-20(26)16(23-19(25)18-14(21)6-3-7-15(18)22)10-11-4-2-5-13-12(11)8-9-17(13)24/h2-7,16H,8-10H2,1H3,(H,23,25)/t16-/m0/s1. The molecule has 1 amide bonds. The maximum Gasteiger partial charge on any atom is 0.328 e. The van der Waals surface area contributed by atoms with E-state index in [1.54, 1.807) is 18.2 Å². The summed E-state index contributed by atoms with van der Waals surface area (Å²) in [6.45, 7) is 0. The minimum Gasteiger partial charge on any atom is -0.467 e. The molecule has 0 saturated carbocycles. The van der Waals surface area contributed by atoms with Crippen molar-refractivity contribution < 1.29 is 27.9 Å². The summed E-state index contributed by atoms with van der Waals surface area (Å²) in [7, 11) is 1.16. The van der Waals surface area contributed by atoms with Gasteiger partial charge in [0, 0.05) is 18.4 Å². The van der Waals surface area contributed by atoms with Crippen molar-refractivity contribution in [3.05, 3.63) is 70.3 Å². The average molecular weight is 373 g/mol. The maximum absolute atomic E-state index is 13.8.